The highest BCUT2D eigenvalue weighted by molar-refractivity contribution is 5.79. The minimum Gasteiger partial charge on any atom is -0.497 e. The van der Waals surface area contributed by atoms with Gasteiger partial charge >= 0.3 is 6.18 Å². The van der Waals surface area contributed by atoms with E-state index in [9.17, 15) is 13.2 Å². The van der Waals surface area contributed by atoms with Gasteiger partial charge in [0.1, 0.15) is 11.6 Å². The van der Waals surface area contributed by atoms with Crippen LogP contribution in [0.1, 0.15) is 29.4 Å². The molecule has 0 fully saturated rings. The minimum atomic E-state index is -4.38. The number of hydrogen-bond acceptors (Lipinski definition) is 4. The van der Waals surface area contributed by atoms with Gasteiger partial charge in [0.15, 0.2) is 0 Å². The molecule has 0 saturated carbocycles. The van der Waals surface area contributed by atoms with Crippen LogP contribution in [0.3, 0.4) is 0 Å². The van der Waals surface area contributed by atoms with E-state index in [1.165, 1.54) is 12.1 Å². The monoisotopic (exact) mass is 479 g/mol. The Kier molecular flexibility index (Phi) is 6.30. The van der Waals surface area contributed by atoms with E-state index in [-0.39, 0.29) is 6.04 Å². The van der Waals surface area contributed by atoms with Gasteiger partial charge in [-0.15, -0.1) is 0 Å². The van der Waals surface area contributed by atoms with Gasteiger partial charge in [0.25, 0.3) is 0 Å². The van der Waals surface area contributed by atoms with Gasteiger partial charge in [0, 0.05) is 29.9 Å². The molecule has 0 spiro atoms. The van der Waals surface area contributed by atoms with Gasteiger partial charge < -0.3 is 14.0 Å². The van der Waals surface area contributed by atoms with Crippen LogP contribution in [0.5, 0.6) is 5.75 Å². The fourth-order valence-corrected chi connectivity index (χ4v) is 4.47. The lowest BCUT2D eigenvalue weighted by Crippen LogP contribution is -2.13. The third-order valence-corrected chi connectivity index (χ3v) is 6.23. The minimum absolute atomic E-state index is 0.0714. The number of aryl methyl sites for hydroxylation is 1. The molecule has 0 amide bonds. The Morgan fingerprint density at radius 2 is 1.66 bits per heavy atom. The molecule has 8 heteroatoms. The van der Waals surface area contributed by atoms with Crippen LogP contribution in [0.4, 0.5) is 13.2 Å². The second-order valence-corrected chi connectivity index (χ2v) is 8.46. The SMILES string of the molecule is COc1ccc(COC[C@@H]2CCc3nc(-c4ccc(C(F)(F)F)cc4)c(-c4ccncc4)n32)cc1. The molecule has 35 heavy (non-hydrogen) atoms. The molecule has 1 aliphatic rings. The Morgan fingerprint density at radius 1 is 0.943 bits per heavy atom. The molecule has 4 aromatic rings. The van der Waals surface area contributed by atoms with Crippen molar-refractivity contribution in [1.82, 2.24) is 14.5 Å². The number of benzene rings is 2. The van der Waals surface area contributed by atoms with Gasteiger partial charge in [-0.3, -0.25) is 4.98 Å². The van der Waals surface area contributed by atoms with Crippen molar-refractivity contribution in [2.75, 3.05) is 13.7 Å². The molecular weight excluding hydrogens is 455 g/mol. The maximum atomic E-state index is 13.1. The second-order valence-electron chi connectivity index (χ2n) is 8.46. The first-order valence-electron chi connectivity index (χ1n) is 11.3. The van der Waals surface area contributed by atoms with Crippen molar-refractivity contribution in [3.8, 4) is 28.3 Å². The standard InChI is InChI=1S/C27H24F3N3O2/c1-34-23-9-2-18(3-10-23)16-35-17-22-8-11-24-32-25(19-4-6-21(7-5-19)27(28,29)30)26(33(22)24)20-12-14-31-15-13-20/h2-7,9-10,12-15,22H,8,11,16-17H2,1H3/t22-/m0/s1. The molecule has 1 atom stereocenters. The van der Waals surface area contributed by atoms with Crippen LogP contribution in [0.2, 0.25) is 0 Å². The number of methoxy groups -OCH3 is 1. The molecule has 180 valence electrons. The summed E-state index contributed by atoms with van der Waals surface area (Å²) in [5.41, 5.74) is 3.47. The lowest BCUT2D eigenvalue weighted by Gasteiger charge is -2.18. The fraction of sp³-hybridized carbons (Fsp3) is 0.259. The number of imidazole rings is 1. The molecule has 0 N–H and O–H groups in total. The van der Waals surface area contributed by atoms with E-state index in [1.54, 1.807) is 19.5 Å². The largest absolute Gasteiger partial charge is 0.497 e. The van der Waals surface area contributed by atoms with Crippen molar-refractivity contribution >= 4 is 0 Å². The first kappa shape index (κ1) is 23.1. The summed E-state index contributed by atoms with van der Waals surface area (Å²) < 4.78 is 52.7. The summed E-state index contributed by atoms with van der Waals surface area (Å²) in [5, 5.41) is 0. The van der Waals surface area contributed by atoms with E-state index in [0.717, 1.165) is 53.4 Å². The van der Waals surface area contributed by atoms with E-state index in [2.05, 4.69) is 9.55 Å². The molecule has 5 nitrogen and oxygen atoms in total. The molecule has 1 aliphatic heterocycles. The zero-order valence-electron chi connectivity index (χ0n) is 19.1. The number of alkyl halides is 3. The van der Waals surface area contributed by atoms with Gasteiger partial charge in [-0.1, -0.05) is 24.3 Å². The highest BCUT2D eigenvalue weighted by atomic mass is 19.4. The molecule has 0 unspecified atom stereocenters. The molecular formula is C27H24F3N3O2. The van der Waals surface area contributed by atoms with Gasteiger partial charge in [0.05, 0.1) is 43.3 Å². The number of halogens is 3. The Hall–Kier alpha value is -3.65. The summed E-state index contributed by atoms with van der Waals surface area (Å²) >= 11 is 0. The van der Waals surface area contributed by atoms with Crippen LogP contribution in [0.15, 0.2) is 73.1 Å². The van der Waals surface area contributed by atoms with Crippen molar-refractivity contribution in [3.05, 3.63) is 90.0 Å². The second kappa shape index (κ2) is 9.54. The van der Waals surface area contributed by atoms with E-state index in [1.807, 2.05) is 36.4 Å². The number of fused-ring (bicyclic) bond motifs is 1. The van der Waals surface area contributed by atoms with E-state index >= 15 is 0 Å². The number of pyridine rings is 1. The number of aromatic nitrogens is 3. The maximum absolute atomic E-state index is 13.1. The van der Waals surface area contributed by atoms with Crippen molar-refractivity contribution < 1.29 is 22.6 Å². The topological polar surface area (TPSA) is 49.2 Å². The number of rotatable bonds is 7. The summed E-state index contributed by atoms with van der Waals surface area (Å²) in [6.07, 6.45) is 0.687. The van der Waals surface area contributed by atoms with Crippen LogP contribution in [-0.4, -0.2) is 28.3 Å². The normalized spacial score (nSPS) is 15.3. The highest BCUT2D eigenvalue weighted by Gasteiger charge is 2.32. The predicted molar refractivity (Wildman–Crippen MR) is 126 cm³/mol. The molecule has 2 aromatic carbocycles. The molecule has 2 aromatic heterocycles. The number of ether oxygens (including phenoxy) is 2. The molecule has 0 aliphatic carbocycles. The highest BCUT2D eigenvalue weighted by Crippen LogP contribution is 2.40. The van der Waals surface area contributed by atoms with Crippen LogP contribution in [-0.2, 0) is 23.9 Å². The van der Waals surface area contributed by atoms with Gasteiger partial charge in [-0.25, -0.2) is 4.98 Å². The van der Waals surface area contributed by atoms with Gasteiger partial charge in [-0.2, -0.15) is 13.2 Å². The summed E-state index contributed by atoms with van der Waals surface area (Å²) in [6, 6.07) is 16.8. The average Bonchev–Trinajstić information content (AvgIpc) is 3.44. The smallest absolute Gasteiger partial charge is 0.416 e. The average molecular weight is 480 g/mol. The Morgan fingerprint density at radius 3 is 2.31 bits per heavy atom. The van der Waals surface area contributed by atoms with Crippen molar-refractivity contribution in [3.63, 3.8) is 0 Å². The molecule has 5 rings (SSSR count). The maximum Gasteiger partial charge on any atom is 0.416 e. The predicted octanol–water partition coefficient (Wildman–Crippen LogP) is 6.34. The third-order valence-electron chi connectivity index (χ3n) is 6.23. The lowest BCUT2D eigenvalue weighted by atomic mass is 10.0. The van der Waals surface area contributed by atoms with E-state index < -0.39 is 11.7 Å². The summed E-state index contributed by atoms with van der Waals surface area (Å²) in [4.78, 5) is 8.97. The van der Waals surface area contributed by atoms with Gasteiger partial charge in [0.2, 0.25) is 0 Å². The molecule has 0 bridgehead atoms. The quantitative estimate of drug-likeness (QED) is 0.310. The molecule has 0 radical (unpaired) electrons. The Balaban J connectivity index is 1.43. The Bertz CT molecular complexity index is 1280. The molecule has 0 saturated heterocycles. The van der Waals surface area contributed by atoms with Crippen LogP contribution in [0, 0.1) is 0 Å². The first-order chi connectivity index (χ1) is 16.9. The first-order valence-corrected chi connectivity index (χ1v) is 11.3. The Labute approximate surface area is 201 Å². The summed E-state index contributed by atoms with van der Waals surface area (Å²) in [5.74, 6) is 1.70. The summed E-state index contributed by atoms with van der Waals surface area (Å²) in [7, 11) is 1.63. The van der Waals surface area contributed by atoms with Gasteiger partial charge in [-0.05, 0) is 48.4 Å². The van der Waals surface area contributed by atoms with Crippen LogP contribution < -0.4 is 4.74 Å². The van der Waals surface area contributed by atoms with E-state index in [4.69, 9.17) is 14.5 Å². The number of hydrogen-bond donors (Lipinski definition) is 0. The van der Waals surface area contributed by atoms with Crippen molar-refractivity contribution in [2.45, 2.75) is 31.7 Å². The summed E-state index contributed by atoms with van der Waals surface area (Å²) in [6.45, 7) is 0.973. The zero-order valence-corrected chi connectivity index (χ0v) is 19.1. The lowest BCUT2D eigenvalue weighted by molar-refractivity contribution is -0.137. The van der Waals surface area contributed by atoms with Crippen molar-refractivity contribution in [2.24, 2.45) is 0 Å². The number of nitrogens with zero attached hydrogens (tertiary/aromatic N) is 3. The fourth-order valence-electron chi connectivity index (χ4n) is 4.47. The van der Waals surface area contributed by atoms with Crippen LogP contribution >= 0.6 is 0 Å². The van der Waals surface area contributed by atoms with Crippen molar-refractivity contribution in [1.29, 1.82) is 0 Å². The van der Waals surface area contributed by atoms with E-state index in [0.29, 0.717) is 24.5 Å². The third kappa shape index (κ3) is 4.79. The molecule has 3 heterocycles. The van der Waals surface area contributed by atoms with Crippen LogP contribution in [0.25, 0.3) is 22.5 Å². The zero-order chi connectivity index (χ0) is 24.4.